The molecule has 0 atom stereocenters. The number of benzene rings is 1. The highest BCUT2D eigenvalue weighted by Gasteiger charge is 2.24. The zero-order valence-corrected chi connectivity index (χ0v) is 15.2. The Morgan fingerprint density at radius 2 is 2.04 bits per heavy atom. The van der Waals surface area contributed by atoms with Crippen molar-refractivity contribution in [2.45, 2.75) is 25.8 Å². The SMILES string of the molecule is CN(Cc1csc2ccccc12)C(=O)c1cc2c([nH]c1=O)CCCC2=O. The van der Waals surface area contributed by atoms with Gasteiger partial charge in [-0.3, -0.25) is 14.4 Å². The largest absolute Gasteiger partial charge is 0.337 e. The molecule has 1 aliphatic carbocycles. The highest BCUT2D eigenvalue weighted by Crippen LogP contribution is 2.27. The number of aryl methyl sites for hydroxylation is 1. The highest BCUT2D eigenvalue weighted by atomic mass is 32.1. The second-order valence-corrected chi connectivity index (χ2v) is 7.51. The van der Waals surface area contributed by atoms with Gasteiger partial charge in [0.2, 0.25) is 0 Å². The van der Waals surface area contributed by atoms with Crippen LogP contribution in [0.4, 0.5) is 0 Å². The second kappa shape index (κ2) is 6.53. The standard InChI is InChI=1S/C20H18N2O3S/c1-22(10-12-11-26-18-8-3-2-5-13(12)18)20(25)15-9-14-16(21-19(15)24)6-4-7-17(14)23/h2-3,5,8-9,11H,4,6-7,10H2,1H3,(H,21,24). The Kier molecular flexibility index (Phi) is 4.20. The zero-order chi connectivity index (χ0) is 18.3. The molecule has 5 nitrogen and oxygen atoms in total. The van der Waals surface area contributed by atoms with Gasteiger partial charge >= 0.3 is 0 Å². The minimum absolute atomic E-state index is 0.0111. The quantitative estimate of drug-likeness (QED) is 0.772. The molecule has 0 unspecified atom stereocenters. The van der Waals surface area contributed by atoms with E-state index in [1.165, 1.54) is 15.7 Å². The van der Waals surface area contributed by atoms with Crippen molar-refractivity contribution in [3.8, 4) is 0 Å². The van der Waals surface area contributed by atoms with E-state index in [0.29, 0.717) is 30.6 Å². The molecule has 1 aliphatic rings. The van der Waals surface area contributed by atoms with Crippen LogP contribution in [0.25, 0.3) is 10.1 Å². The van der Waals surface area contributed by atoms with Crippen LogP contribution in [0.3, 0.4) is 0 Å². The number of ketones is 1. The molecule has 0 radical (unpaired) electrons. The minimum atomic E-state index is -0.425. The first-order chi connectivity index (χ1) is 12.5. The van der Waals surface area contributed by atoms with Gasteiger partial charge in [-0.1, -0.05) is 18.2 Å². The van der Waals surface area contributed by atoms with Crippen LogP contribution < -0.4 is 5.56 Å². The van der Waals surface area contributed by atoms with Gasteiger partial charge in [-0.25, -0.2) is 0 Å². The molecule has 132 valence electrons. The van der Waals surface area contributed by atoms with E-state index in [2.05, 4.69) is 4.98 Å². The maximum absolute atomic E-state index is 12.8. The summed E-state index contributed by atoms with van der Waals surface area (Å²) in [5.41, 5.74) is 1.78. The van der Waals surface area contributed by atoms with Gasteiger partial charge in [0.15, 0.2) is 5.78 Å². The van der Waals surface area contributed by atoms with E-state index in [1.54, 1.807) is 18.4 Å². The molecule has 1 N–H and O–H groups in total. The summed E-state index contributed by atoms with van der Waals surface area (Å²) >= 11 is 1.63. The van der Waals surface area contributed by atoms with Crippen molar-refractivity contribution in [3.63, 3.8) is 0 Å². The molecule has 2 heterocycles. The van der Waals surface area contributed by atoms with E-state index in [4.69, 9.17) is 0 Å². The van der Waals surface area contributed by atoms with Gasteiger partial charge in [-0.05, 0) is 41.3 Å². The van der Waals surface area contributed by atoms with Crippen LogP contribution in [-0.4, -0.2) is 28.6 Å². The molecule has 0 fully saturated rings. The molecule has 0 saturated heterocycles. The first-order valence-corrected chi connectivity index (χ1v) is 9.42. The molecule has 1 amide bonds. The van der Waals surface area contributed by atoms with Crippen LogP contribution >= 0.6 is 11.3 Å². The van der Waals surface area contributed by atoms with Gasteiger partial charge in [0.1, 0.15) is 5.56 Å². The van der Waals surface area contributed by atoms with Crippen molar-refractivity contribution in [3.05, 3.63) is 68.4 Å². The van der Waals surface area contributed by atoms with Crippen molar-refractivity contribution in [2.75, 3.05) is 7.05 Å². The number of nitrogens with one attached hydrogen (secondary N) is 1. The van der Waals surface area contributed by atoms with Gasteiger partial charge < -0.3 is 9.88 Å². The van der Waals surface area contributed by atoms with Crippen LogP contribution in [0, 0.1) is 0 Å². The first kappa shape index (κ1) is 16.7. The Morgan fingerprint density at radius 1 is 1.23 bits per heavy atom. The summed E-state index contributed by atoms with van der Waals surface area (Å²) in [6, 6.07) is 9.51. The topological polar surface area (TPSA) is 70.2 Å². The van der Waals surface area contributed by atoms with Crippen molar-refractivity contribution >= 4 is 33.1 Å². The van der Waals surface area contributed by atoms with Gasteiger partial charge in [0, 0.05) is 36.0 Å². The van der Waals surface area contributed by atoms with Crippen LogP contribution in [0.2, 0.25) is 0 Å². The smallest absolute Gasteiger partial charge is 0.261 e. The number of fused-ring (bicyclic) bond motifs is 2. The minimum Gasteiger partial charge on any atom is -0.337 e. The number of nitrogens with zero attached hydrogens (tertiary/aromatic N) is 1. The van der Waals surface area contributed by atoms with Crippen molar-refractivity contribution in [1.82, 2.24) is 9.88 Å². The van der Waals surface area contributed by atoms with E-state index in [1.807, 2.05) is 29.6 Å². The molecule has 26 heavy (non-hydrogen) atoms. The summed E-state index contributed by atoms with van der Waals surface area (Å²) in [5.74, 6) is -0.384. The number of amides is 1. The molecular formula is C20H18N2O3S. The summed E-state index contributed by atoms with van der Waals surface area (Å²) in [5, 5.41) is 3.15. The third-order valence-corrected chi connectivity index (χ3v) is 5.81. The average molecular weight is 366 g/mol. The van der Waals surface area contributed by atoms with Gasteiger partial charge in [0.25, 0.3) is 11.5 Å². The number of carbonyl (C=O) groups is 2. The molecule has 0 aliphatic heterocycles. The van der Waals surface area contributed by atoms with Crippen LogP contribution in [-0.2, 0) is 13.0 Å². The Morgan fingerprint density at radius 3 is 2.88 bits per heavy atom. The molecule has 0 spiro atoms. The van der Waals surface area contributed by atoms with E-state index in [0.717, 1.165) is 17.4 Å². The third kappa shape index (κ3) is 2.86. The van der Waals surface area contributed by atoms with Crippen LogP contribution in [0.5, 0.6) is 0 Å². The fourth-order valence-electron chi connectivity index (χ4n) is 3.42. The maximum Gasteiger partial charge on any atom is 0.261 e. The number of pyridine rings is 1. The van der Waals surface area contributed by atoms with E-state index in [-0.39, 0.29) is 17.3 Å². The Labute approximate surface area is 154 Å². The lowest BCUT2D eigenvalue weighted by Crippen LogP contribution is -2.33. The van der Waals surface area contributed by atoms with Crippen molar-refractivity contribution < 1.29 is 9.59 Å². The number of Topliss-reactive ketones (excluding diaryl/α,β-unsaturated/α-hetero) is 1. The van der Waals surface area contributed by atoms with E-state index in [9.17, 15) is 14.4 Å². The molecule has 4 rings (SSSR count). The molecule has 6 heteroatoms. The van der Waals surface area contributed by atoms with Crippen molar-refractivity contribution in [1.29, 1.82) is 0 Å². The lowest BCUT2D eigenvalue weighted by atomic mass is 9.93. The second-order valence-electron chi connectivity index (χ2n) is 6.60. The number of aromatic nitrogens is 1. The van der Waals surface area contributed by atoms with Gasteiger partial charge in [0.05, 0.1) is 0 Å². The molecule has 3 aromatic rings. The van der Waals surface area contributed by atoms with Crippen LogP contribution in [0.15, 0.2) is 40.5 Å². The van der Waals surface area contributed by atoms with Gasteiger partial charge in [-0.2, -0.15) is 0 Å². The highest BCUT2D eigenvalue weighted by molar-refractivity contribution is 7.17. The predicted molar refractivity (Wildman–Crippen MR) is 102 cm³/mol. The molecule has 1 aromatic carbocycles. The average Bonchev–Trinajstić information content (AvgIpc) is 3.04. The number of carbonyl (C=O) groups excluding carboxylic acids is 2. The summed E-state index contributed by atoms with van der Waals surface area (Å²) in [6.07, 6.45) is 1.87. The third-order valence-electron chi connectivity index (χ3n) is 4.80. The Hall–Kier alpha value is -2.73. The normalized spacial score (nSPS) is 13.7. The Bertz CT molecular complexity index is 1080. The number of hydrogen-bond donors (Lipinski definition) is 1. The summed E-state index contributed by atoms with van der Waals surface area (Å²) in [7, 11) is 1.68. The molecular weight excluding hydrogens is 348 g/mol. The monoisotopic (exact) mass is 366 g/mol. The summed E-state index contributed by atoms with van der Waals surface area (Å²) in [6.45, 7) is 0.410. The molecule has 0 bridgehead atoms. The van der Waals surface area contributed by atoms with Crippen molar-refractivity contribution in [2.24, 2.45) is 0 Å². The van der Waals surface area contributed by atoms with Gasteiger partial charge in [-0.15, -0.1) is 11.3 Å². The molecule has 2 aromatic heterocycles. The fraction of sp³-hybridized carbons (Fsp3) is 0.250. The van der Waals surface area contributed by atoms with Crippen LogP contribution in [0.1, 0.15) is 44.8 Å². The number of H-pyrrole nitrogens is 1. The van der Waals surface area contributed by atoms with E-state index < -0.39 is 5.56 Å². The molecule has 0 saturated carbocycles. The zero-order valence-electron chi connectivity index (χ0n) is 14.4. The fourth-order valence-corrected chi connectivity index (χ4v) is 4.38. The Balaban J connectivity index is 1.64. The number of rotatable bonds is 3. The number of aromatic amines is 1. The predicted octanol–water partition coefficient (Wildman–Crippen LogP) is 3.38. The maximum atomic E-state index is 12.8. The summed E-state index contributed by atoms with van der Waals surface area (Å²) < 4.78 is 1.17. The van der Waals surface area contributed by atoms with E-state index >= 15 is 0 Å². The first-order valence-electron chi connectivity index (χ1n) is 8.54. The summed E-state index contributed by atoms with van der Waals surface area (Å²) in [4.78, 5) is 41.5. The lowest BCUT2D eigenvalue weighted by molar-refractivity contribution is 0.0784. The number of thiophene rings is 1. The number of hydrogen-bond acceptors (Lipinski definition) is 4. The lowest BCUT2D eigenvalue weighted by Gasteiger charge is -2.19.